The number of alkyl halides is 2. The second kappa shape index (κ2) is 5.95. The van der Waals surface area contributed by atoms with Crippen LogP contribution in [0.15, 0.2) is 0 Å². The highest BCUT2D eigenvalue weighted by Crippen LogP contribution is 2.35. The predicted molar refractivity (Wildman–Crippen MR) is 62.5 cm³/mol. The molecular weight excluding hydrogens is 235 g/mol. The van der Waals surface area contributed by atoms with E-state index in [0.717, 1.165) is 6.42 Å². The lowest BCUT2D eigenvalue weighted by Gasteiger charge is -2.24. The maximum Gasteiger partial charge on any atom is 0.306 e. The van der Waals surface area contributed by atoms with E-state index in [2.05, 4.69) is 0 Å². The average Bonchev–Trinajstić information content (AvgIpc) is 2.15. The van der Waals surface area contributed by atoms with Crippen molar-refractivity contribution in [3.63, 3.8) is 0 Å². The van der Waals surface area contributed by atoms with Crippen LogP contribution in [0.3, 0.4) is 0 Å². The van der Waals surface area contributed by atoms with Gasteiger partial charge in [-0.1, -0.05) is 32.1 Å². The van der Waals surface area contributed by atoms with Gasteiger partial charge in [-0.2, -0.15) is 0 Å². The van der Waals surface area contributed by atoms with Gasteiger partial charge in [0.2, 0.25) is 0 Å². The Kier molecular flexibility index (Phi) is 5.20. The summed E-state index contributed by atoms with van der Waals surface area (Å²) in [5.74, 6) is -0.229. The zero-order valence-electron chi connectivity index (χ0n) is 8.85. The van der Waals surface area contributed by atoms with Crippen molar-refractivity contribution in [2.24, 2.45) is 5.92 Å². The molecule has 88 valence electrons. The van der Waals surface area contributed by atoms with Crippen molar-refractivity contribution in [1.82, 2.24) is 0 Å². The minimum Gasteiger partial charge on any atom is -0.481 e. The molecule has 0 aromatic heterocycles. The fourth-order valence-electron chi connectivity index (χ4n) is 2.20. The molecule has 4 heteroatoms. The van der Waals surface area contributed by atoms with Gasteiger partial charge in [0.25, 0.3) is 0 Å². The van der Waals surface area contributed by atoms with Crippen LogP contribution in [0.4, 0.5) is 0 Å². The molecule has 0 saturated heterocycles. The van der Waals surface area contributed by atoms with E-state index in [0.29, 0.717) is 12.3 Å². The van der Waals surface area contributed by atoms with E-state index in [1.807, 2.05) is 0 Å². The third-order valence-corrected chi connectivity index (χ3v) is 3.70. The summed E-state index contributed by atoms with van der Waals surface area (Å²) >= 11 is 11.9. The highest BCUT2D eigenvalue weighted by molar-refractivity contribution is 6.49. The molecule has 0 spiro atoms. The van der Waals surface area contributed by atoms with Gasteiger partial charge in [0, 0.05) is 0 Å². The monoisotopic (exact) mass is 252 g/mol. The minimum atomic E-state index is -1.08. The molecule has 1 saturated carbocycles. The first kappa shape index (κ1) is 13.1. The summed E-state index contributed by atoms with van der Waals surface area (Å²) in [7, 11) is 0. The molecule has 0 aromatic rings. The van der Waals surface area contributed by atoms with E-state index in [4.69, 9.17) is 28.3 Å². The second-order valence-electron chi connectivity index (χ2n) is 4.47. The summed E-state index contributed by atoms with van der Waals surface area (Å²) in [6.45, 7) is 0. The molecule has 0 heterocycles. The minimum absolute atomic E-state index is 0.164. The summed E-state index contributed by atoms with van der Waals surface area (Å²) in [5, 5.41) is 8.62. The smallest absolute Gasteiger partial charge is 0.306 e. The molecule has 0 bridgehead atoms. The van der Waals surface area contributed by atoms with E-state index in [9.17, 15) is 4.79 Å². The number of hydrogen-bond acceptors (Lipinski definition) is 1. The van der Waals surface area contributed by atoms with Gasteiger partial charge in [0.1, 0.15) is 4.33 Å². The third-order valence-electron chi connectivity index (χ3n) is 3.05. The van der Waals surface area contributed by atoms with Crippen LogP contribution in [-0.2, 0) is 4.79 Å². The molecule has 1 rings (SSSR count). The van der Waals surface area contributed by atoms with Crippen LogP contribution < -0.4 is 0 Å². The predicted octanol–water partition coefficient (Wildman–Crippen LogP) is 4.00. The Hall–Kier alpha value is 0.0500. The maximum absolute atomic E-state index is 10.5. The number of halogens is 2. The van der Waals surface area contributed by atoms with E-state index < -0.39 is 10.3 Å². The van der Waals surface area contributed by atoms with E-state index in [1.54, 1.807) is 0 Å². The van der Waals surface area contributed by atoms with Gasteiger partial charge in [-0.05, 0) is 18.8 Å². The molecule has 0 aromatic carbocycles. The molecule has 2 nitrogen and oxygen atoms in total. The quantitative estimate of drug-likeness (QED) is 0.752. The molecule has 1 aliphatic carbocycles. The summed E-state index contributed by atoms with van der Waals surface area (Å²) in [5.41, 5.74) is 0. The van der Waals surface area contributed by atoms with Crippen molar-refractivity contribution in [2.75, 3.05) is 0 Å². The molecule has 0 unspecified atom stereocenters. The van der Waals surface area contributed by atoms with Crippen LogP contribution in [0.1, 0.15) is 51.4 Å². The Morgan fingerprint density at radius 1 is 1.27 bits per heavy atom. The first-order valence-electron chi connectivity index (χ1n) is 5.59. The van der Waals surface area contributed by atoms with Gasteiger partial charge < -0.3 is 5.11 Å². The third kappa shape index (κ3) is 5.62. The Morgan fingerprint density at radius 2 is 1.87 bits per heavy atom. The van der Waals surface area contributed by atoms with E-state index >= 15 is 0 Å². The van der Waals surface area contributed by atoms with Crippen LogP contribution in [0, 0.1) is 5.92 Å². The van der Waals surface area contributed by atoms with Crippen LogP contribution >= 0.6 is 23.2 Å². The molecule has 0 radical (unpaired) electrons. The zero-order valence-corrected chi connectivity index (χ0v) is 10.4. The van der Waals surface area contributed by atoms with Crippen molar-refractivity contribution < 1.29 is 9.90 Å². The van der Waals surface area contributed by atoms with Gasteiger partial charge in [-0.25, -0.2) is 0 Å². The van der Waals surface area contributed by atoms with Gasteiger partial charge >= 0.3 is 5.97 Å². The number of rotatable bonds is 5. The Morgan fingerprint density at radius 3 is 2.40 bits per heavy atom. The summed E-state index contributed by atoms with van der Waals surface area (Å²) in [6, 6.07) is 0. The lowest BCUT2D eigenvalue weighted by molar-refractivity contribution is -0.137. The first-order valence-corrected chi connectivity index (χ1v) is 6.35. The second-order valence-corrected chi connectivity index (χ2v) is 6.11. The number of aliphatic carboxylic acids is 1. The van der Waals surface area contributed by atoms with Crippen molar-refractivity contribution in [1.29, 1.82) is 0 Å². The standard InChI is InChI=1S/C11H18Cl2O2/c12-11(13,8-10(14)15)7-6-9-4-2-1-3-5-9/h9H,1-8H2,(H,14,15). The van der Waals surface area contributed by atoms with Crippen molar-refractivity contribution >= 4 is 29.2 Å². The SMILES string of the molecule is O=C(O)CC(Cl)(Cl)CCC1CCCCC1. The van der Waals surface area contributed by atoms with Gasteiger partial charge in [0.05, 0.1) is 6.42 Å². The van der Waals surface area contributed by atoms with Gasteiger partial charge in [-0.3, -0.25) is 4.79 Å². The fraction of sp³-hybridized carbons (Fsp3) is 0.909. The van der Waals surface area contributed by atoms with Gasteiger partial charge in [-0.15, -0.1) is 23.2 Å². The van der Waals surface area contributed by atoms with Crippen molar-refractivity contribution in [3.8, 4) is 0 Å². The van der Waals surface area contributed by atoms with E-state index in [1.165, 1.54) is 32.1 Å². The van der Waals surface area contributed by atoms with Crippen molar-refractivity contribution in [2.45, 2.75) is 55.7 Å². The Labute approximate surface area is 101 Å². The normalized spacial score (nSPS) is 19.1. The highest BCUT2D eigenvalue weighted by Gasteiger charge is 2.28. The number of carbonyl (C=O) groups is 1. The first-order chi connectivity index (χ1) is 6.99. The van der Waals surface area contributed by atoms with E-state index in [-0.39, 0.29) is 6.42 Å². The molecule has 0 aliphatic heterocycles. The lowest BCUT2D eigenvalue weighted by atomic mass is 9.85. The van der Waals surface area contributed by atoms with Gasteiger partial charge in [0.15, 0.2) is 0 Å². The molecule has 1 fully saturated rings. The number of hydrogen-bond donors (Lipinski definition) is 1. The number of carboxylic acid groups (broad SMARTS) is 1. The van der Waals surface area contributed by atoms with Crippen LogP contribution in [0.2, 0.25) is 0 Å². The Bertz CT molecular complexity index is 211. The summed E-state index contributed by atoms with van der Waals surface area (Å²) in [4.78, 5) is 10.5. The maximum atomic E-state index is 10.5. The largest absolute Gasteiger partial charge is 0.481 e. The zero-order chi connectivity index (χ0) is 11.3. The van der Waals surface area contributed by atoms with Crippen LogP contribution in [-0.4, -0.2) is 15.4 Å². The molecule has 1 N–H and O–H groups in total. The topological polar surface area (TPSA) is 37.3 Å². The highest BCUT2D eigenvalue weighted by atomic mass is 35.5. The molecule has 0 atom stereocenters. The number of carboxylic acids is 1. The van der Waals surface area contributed by atoms with Crippen molar-refractivity contribution in [3.05, 3.63) is 0 Å². The summed E-state index contributed by atoms with van der Waals surface area (Å²) < 4.78 is -1.08. The molecular formula is C11H18Cl2O2. The molecule has 15 heavy (non-hydrogen) atoms. The van der Waals surface area contributed by atoms with Crippen LogP contribution in [0.25, 0.3) is 0 Å². The molecule has 0 amide bonds. The lowest BCUT2D eigenvalue weighted by Crippen LogP contribution is -2.20. The summed E-state index contributed by atoms with van der Waals surface area (Å²) in [6.07, 6.45) is 7.80. The average molecular weight is 253 g/mol. The Balaban J connectivity index is 2.24. The molecule has 1 aliphatic rings. The fourth-order valence-corrected chi connectivity index (χ4v) is 2.65. The van der Waals surface area contributed by atoms with Crippen LogP contribution in [0.5, 0.6) is 0 Å².